The molecule has 1 saturated carbocycles. The number of hydrogen-bond acceptors (Lipinski definition) is 3. The van der Waals surface area contributed by atoms with Crippen LogP contribution in [0.5, 0.6) is 0 Å². The van der Waals surface area contributed by atoms with E-state index >= 15 is 0 Å². The fraction of sp³-hybridized carbons (Fsp3) is 1.00. The number of likely N-dealkylation sites (N-methyl/N-ethyl adjacent to an activating group) is 1. The monoisotopic (exact) mass is 205 g/mol. The average Bonchev–Trinajstić information content (AvgIpc) is 2.55. The molecule has 1 rings (SSSR count). The van der Waals surface area contributed by atoms with Gasteiger partial charge in [0.1, 0.15) is 0 Å². The molecule has 0 aromatic carbocycles. The van der Waals surface area contributed by atoms with Gasteiger partial charge in [-0.05, 0) is 19.9 Å². The van der Waals surface area contributed by atoms with Crippen LogP contribution in [0, 0.1) is 0 Å². The Balaban J connectivity index is 2.23. The summed E-state index contributed by atoms with van der Waals surface area (Å²) in [6.45, 7) is 0.540. The van der Waals surface area contributed by atoms with Crippen LogP contribution in [0.1, 0.15) is 25.7 Å². The molecule has 1 fully saturated rings. The number of hydrogen-bond donors (Lipinski definition) is 2. The summed E-state index contributed by atoms with van der Waals surface area (Å²) in [5, 5.41) is 12.7. The highest BCUT2D eigenvalue weighted by Gasteiger charge is 2.22. The largest absolute Gasteiger partial charge is 0.391 e. The highest BCUT2D eigenvalue weighted by atomic mass is 32.2. The minimum atomic E-state index is -0.817. The minimum Gasteiger partial charge on any atom is -0.391 e. The summed E-state index contributed by atoms with van der Waals surface area (Å²) in [5.74, 6) is 0.436. The van der Waals surface area contributed by atoms with Gasteiger partial charge in [0.05, 0.1) is 11.9 Å². The quantitative estimate of drug-likeness (QED) is 0.677. The maximum Gasteiger partial charge on any atom is 0.0779 e. The molecule has 0 aromatic rings. The lowest BCUT2D eigenvalue weighted by Crippen LogP contribution is -2.31. The zero-order chi connectivity index (χ0) is 9.68. The van der Waals surface area contributed by atoms with Crippen molar-refractivity contribution in [3.8, 4) is 0 Å². The van der Waals surface area contributed by atoms with Crippen molar-refractivity contribution >= 4 is 10.8 Å². The predicted molar refractivity (Wildman–Crippen MR) is 55.2 cm³/mol. The molecule has 4 heteroatoms. The Bertz CT molecular complexity index is 169. The zero-order valence-corrected chi connectivity index (χ0v) is 8.98. The second-order valence-electron chi connectivity index (χ2n) is 3.67. The molecule has 0 heterocycles. The molecular weight excluding hydrogens is 186 g/mol. The van der Waals surface area contributed by atoms with Crippen LogP contribution in [-0.4, -0.2) is 40.0 Å². The summed E-state index contributed by atoms with van der Waals surface area (Å²) in [6, 6.07) is 0. The van der Waals surface area contributed by atoms with E-state index in [0.717, 1.165) is 12.8 Å². The first kappa shape index (κ1) is 11.1. The Morgan fingerprint density at radius 2 is 2.15 bits per heavy atom. The summed E-state index contributed by atoms with van der Waals surface area (Å²) in [4.78, 5) is 0. The minimum absolute atomic E-state index is 0.353. The fourth-order valence-electron chi connectivity index (χ4n) is 1.77. The van der Waals surface area contributed by atoms with Crippen molar-refractivity contribution in [1.29, 1.82) is 0 Å². The molecule has 2 atom stereocenters. The summed E-state index contributed by atoms with van der Waals surface area (Å²) >= 11 is 0. The molecule has 0 spiro atoms. The zero-order valence-electron chi connectivity index (χ0n) is 8.16. The van der Waals surface area contributed by atoms with Crippen molar-refractivity contribution in [2.45, 2.75) is 37.0 Å². The van der Waals surface area contributed by atoms with E-state index in [1.54, 1.807) is 7.05 Å². The second kappa shape index (κ2) is 5.73. The molecular formula is C9H19NO2S. The van der Waals surface area contributed by atoms with Crippen molar-refractivity contribution in [2.24, 2.45) is 0 Å². The topological polar surface area (TPSA) is 49.3 Å². The van der Waals surface area contributed by atoms with Crippen LogP contribution in [0.2, 0.25) is 0 Å². The van der Waals surface area contributed by atoms with E-state index in [1.807, 2.05) is 0 Å². The molecule has 13 heavy (non-hydrogen) atoms. The summed E-state index contributed by atoms with van der Waals surface area (Å²) in [5.41, 5.74) is 0. The lowest BCUT2D eigenvalue weighted by molar-refractivity contribution is 0.198. The van der Waals surface area contributed by atoms with Gasteiger partial charge in [-0.3, -0.25) is 4.21 Å². The summed E-state index contributed by atoms with van der Waals surface area (Å²) < 4.78 is 11.7. The van der Waals surface area contributed by atoms with Crippen LogP contribution < -0.4 is 5.32 Å². The third-order valence-electron chi connectivity index (χ3n) is 2.47. The maximum absolute atomic E-state index is 11.7. The molecule has 0 radical (unpaired) electrons. The molecule has 0 aromatic heterocycles. The Hall–Kier alpha value is 0.0700. The fourth-order valence-corrected chi connectivity index (χ4v) is 3.40. The van der Waals surface area contributed by atoms with Crippen LogP contribution >= 0.6 is 0 Å². The lowest BCUT2D eigenvalue weighted by Gasteiger charge is -2.13. The van der Waals surface area contributed by atoms with Crippen LogP contribution in [-0.2, 0) is 10.8 Å². The van der Waals surface area contributed by atoms with Crippen LogP contribution in [0.15, 0.2) is 0 Å². The van der Waals surface area contributed by atoms with E-state index in [1.165, 1.54) is 12.8 Å². The Labute approximate surface area is 82.4 Å². The molecule has 1 aliphatic rings. The highest BCUT2D eigenvalue weighted by Crippen LogP contribution is 2.23. The molecule has 2 unspecified atom stereocenters. The smallest absolute Gasteiger partial charge is 0.0779 e. The van der Waals surface area contributed by atoms with Gasteiger partial charge < -0.3 is 10.4 Å². The van der Waals surface area contributed by atoms with Crippen LogP contribution in [0.25, 0.3) is 0 Å². The molecule has 0 aliphatic heterocycles. The lowest BCUT2D eigenvalue weighted by atomic mass is 10.4. The van der Waals surface area contributed by atoms with Gasteiger partial charge in [0.25, 0.3) is 0 Å². The van der Waals surface area contributed by atoms with Gasteiger partial charge in [-0.25, -0.2) is 0 Å². The number of aliphatic hydroxyl groups excluding tert-OH is 1. The molecule has 78 valence electrons. The van der Waals surface area contributed by atoms with Gasteiger partial charge in [0, 0.05) is 22.6 Å². The molecule has 2 N–H and O–H groups in total. The first-order valence-electron chi connectivity index (χ1n) is 4.94. The van der Waals surface area contributed by atoms with Gasteiger partial charge in [-0.1, -0.05) is 12.8 Å². The maximum atomic E-state index is 11.7. The number of nitrogens with one attached hydrogen (secondary N) is 1. The Morgan fingerprint density at radius 3 is 2.69 bits per heavy atom. The third-order valence-corrected chi connectivity index (χ3v) is 4.40. The van der Waals surface area contributed by atoms with Crippen LogP contribution in [0.3, 0.4) is 0 Å². The molecule has 0 bridgehead atoms. The van der Waals surface area contributed by atoms with E-state index in [4.69, 9.17) is 0 Å². The number of aliphatic hydroxyl groups is 1. The third kappa shape index (κ3) is 3.75. The van der Waals surface area contributed by atoms with E-state index in [-0.39, 0.29) is 0 Å². The van der Waals surface area contributed by atoms with Gasteiger partial charge in [-0.15, -0.1) is 0 Å². The van der Waals surface area contributed by atoms with Gasteiger partial charge in [-0.2, -0.15) is 0 Å². The van der Waals surface area contributed by atoms with Gasteiger partial charge in [0.15, 0.2) is 0 Å². The van der Waals surface area contributed by atoms with Crippen LogP contribution in [0.4, 0.5) is 0 Å². The highest BCUT2D eigenvalue weighted by molar-refractivity contribution is 7.85. The molecule has 1 aliphatic carbocycles. The van der Waals surface area contributed by atoms with Gasteiger partial charge >= 0.3 is 0 Å². The average molecular weight is 205 g/mol. The summed E-state index contributed by atoms with van der Waals surface area (Å²) in [7, 11) is 0.976. The van der Waals surface area contributed by atoms with Crippen molar-refractivity contribution < 1.29 is 9.32 Å². The normalized spacial score (nSPS) is 23.2. The van der Waals surface area contributed by atoms with E-state index in [2.05, 4.69) is 5.32 Å². The van der Waals surface area contributed by atoms with Crippen molar-refractivity contribution in [3.05, 3.63) is 0 Å². The van der Waals surface area contributed by atoms with Crippen molar-refractivity contribution in [3.63, 3.8) is 0 Å². The summed E-state index contributed by atoms with van der Waals surface area (Å²) in [6.07, 6.45) is 4.13. The SMILES string of the molecule is CNCC(O)CS(=O)C1CCCC1. The first-order chi connectivity index (χ1) is 6.24. The van der Waals surface area contributed by atoms with Gasteiger partial charge in [0.2, 0.25) is 0 Å². The molecule has 3 nitrogen and oxygen atoms in total. The molecule has 0 amide bonds. The van der Waals surface area contributed by atoms with E-state index < -0.39 is 16.9 Å². The molecule has 0 saturated heterocycles. The van der Waals surface area contributed by atoms with E-state index in [0.29, 0.717) is 17.5 Å². The predicted octanol–water partition coefficient (Wildman–Crippen LogP) is 0.258. The first-order valence-corrected chi connectivity index (χ1v) is 6.32. The van der Waals surface area contributed by atoms with E-state index in [9.17, 15) is 9.32 Å². The number of rotatable bonds is 5. The Kier molecular flexibility index (Phi) is 4.91. The van der Waals surface area contributed by atoms with Crippen molar-refractivity contribution in [2.75, 3.05) is 19.3 Å². The van der Waals surface area contributed by atoms with Crippen molar-refractivity contribution in [1.82, 2.24) is 5.32 Å². The Morgan fingerprint density at radius 1 is 1.54 bits per heavy atom. The standard InChI is InChI=1S/C9H19NO2S/c1-10-6-8(11)7-13(12)9-4-2-3-5-9/h8-11H,2-7H2,1H3. The second-order valence-corrected chi connectivity index (χ2v) is 5.43.